The third-order valence-corrected chi connectivity index (χ3v) is 4.57. The van der Waals surface area contributed by atoms with Crippen LogP contribution in [0.4, 0.5) is 0 Å². The molecule has 0 radical (unpaired) electrons. The second-order valence-electron chi connectivity index (χ2n) is 4.43. The first-order chi connectivity index (χ1) is 7.70. The van der Waals surface area contributed by atoms with Crippen LogP contribution in [0.3, 0.4) is 0 Å². The molecule has 1 saturated carbocycles. The van der Waals surface area contributed by atoms with Crippen molar-refractivity contribution in [3.63, 3.8) is 0 Å². The van der Waals surface area contributed by atoms with E-state index in [0.717, 1.165) is 21.8 Å². The minimum Gasteiger partial charge on any atom is -0.271 e. The van der Waals surface area contributed by atoms with Crippen LogP contribution in [0.1, 0.15) is 37.3 Å². The predicted molar refractivity (Wildman–Crippen MR) is 71.2 cm³/mol. The standard InChI is InChI=1S/C12H16BrClN2/c13-10-5-4-9(7-11(10)14)12(16-15)6-8-2-1-3-8/h4-5,7-8,12,16H,1-3,6,15H2. The van der Waals surface area contributed by atoms with E-state index in [-0.39, 0.29) is 6.04 Å². The van der Waals surface area contributed by atoms with Gasteiger partial charge in [0.1, 0.15) is 0 Å². The Morgan fingerprint density at radius 3 is 2.75 bits per heavy atom. The van der Waals surface area contributed by atoms with Crippen LogP contribution in [0.2, 0.25) is 5.02 Å². The quantitative estimate of drug-likeness (QED) is 0.656. The second-order valence-corrected chi connectivity index (χ2v) is 5.69. The molecule has 0 aliphatic heterocycles. The molecule has 1 unspecified atom stereocenters. The van der Waals surface area contributed by atoms with Crippen molar-refractivity contribution in [1.29, 1.82) is 0 Å². The molecule has 1 aromatic carbocycles. The molecule has 4 heteroatoms. The van der Waals surface area contributed by atoms with Crippen molar-refractivity contribution < 1.29 is 0 Å². The lowest BCUT2D eigenvalue weighted by Crippen LogP contribution is -2.31. The summed E-state index contributed by atoms with van der Waals surface area (Å²) >= 11 is 9.48. The topological polar surface area (TPSA) is 38.0 Å². The third kappa shape index (κ3) is 2.77. The molecule has 1 aliphatic rings. The molecule has 0 saturated heterocycles. The van der Waals surface area contributed by atoms with Gasteiger partial charge in [0, 0.05) is 10.5 Å². The van der Waals surface area contributed by atoms with E-state index in [1.165, 1.54) is 24.8 Å². The zero-order valence-electron chi connectivity index (χ0n) is 9.05. The largest absolute Gasteiger partial charge is 0.271 e. The summed E-state index contributed by atoms with van der Waals surface area (Å²) in [6.45, 7) is 0. The Morgan fingerprint density at radius 1 is 1.50 bits per heavy atom. The monoisotopic (exact) mass is 302 g/mol. The average Bonchev–Trinajstić information content (AvgIpc) is 2.21. The van der Waals surface area contributed by atoms with Gasteiger partial charge in [0.15, 0.2) is 0 Å². The number of rotatable bonds is 4. The van der Waals surface area contributed by atoms with Gasteiger partial charge >= 0.3 is 0 Å². The van der Waals surface area contributed by atoms with Crippen LogP contribution >= 0.6 is 27.5 Å². The lowest BCUT2D eigenvalue weighted by atomic mass is 9.80. The molecule has 0 amide bonds. The Balaban J connectivity index is 2.09. The predicted octanol–water partition coefficient (Wildman–Crippen LogP) is 3.80. The van der Waals surface area contributed by atoms with E-state index in [0.29, 0.717) is 0 Å². The first-order valence-electron chi connectivity index (χ1n) is 5.62. The van der Waals surface area contributed by atoms with Gasteiger partial charge in [0.05, 0.1) is 5.02 Å². The van der Waals surface area contributed by atoms with E-state index in [9.17, 15) is 0 Å². The zero-order chi connectivity index (χ0) is 11.5. The van der Waals surface area contributed by atoms with Crippen LogP contribution in [-0.2, 0) is 0 Å². The summed E-state index contributed by atoms with van der Waals surface area (Å²) in [5, 5.41) is 0.742. The fraction of sp³-hybridized carbons (Fsp3) is 0.500. The third-order valence-electron chi connectivity index (χ3n) is 3.34. The highest BCUT2D eigenvalue weighted by Crippen LogP contribution is 2.35. The van der Waals surface area contributed by atoms with E-state index >= 15 is 0 Å². The van der Waals surface area contributed by atoms with Crippen molar-refractivity contribution in [1.82, 2.24) is 5.43 Å². The SMILES string of the molecule is NNC(CC1CCC1)c1ccc(Br)c(Cl)c1. The number of hydrogen-bond acceptors (Lipinski definition) is 2. The van der Waals surface area contributed by atoms with E-state index in [2.05, 4.69) is 27.4 Å². The molecule has 1 fully saturated rings. The van der Waals surface area contributed by atoms with Gasteiger partial charge < -0.3 is 0 Å². The maximum atomic E-state index is 6.08. The van der Waals surface area contributed by atoms with Crippen LogP contribution in [0, 0.1) is 5.92 Å². The number of nitrogens with two attached hydrogens (primary N) is 1. The minimum absolute atomic E-state index is 0.218. The molecule has 0 bridgehead atoms. The van der Waals surface area contributed by atoms with Crippen LogP contribution < -0.4 is 11.3 Å². The Bertz CT molecular complexity index is 366. The van der Waals surface area contributed by atoms with E-state index in [1.807, 2.05) is 12.1 Å². The second kappa shape index (κ2) is 5.50. The normalized spacial score (nSPS) is 18.2. The van der Waals surface area contributed by atoms with Gasteiger partial charge in [-0.1, -0.05) is 36.9 Å². The summed E-state index contributed by atoms with van der Waals surface area (Å²) in [6.07, 6.45) is 5.14. The average molecular weight is 304 g/mol. The number of benzene rings is 1. The summed E-state index contributed by atoms with van der Waals surface area (Å²) < 4.78 is 0.928. The fourth-order valence-electron chi connectivity index (χ4n) is 2.09. The Kier molecular flexibility index (Phi) is 4.25. The van der Waals surface area contributed by atoms with Gasteiger partial charge in [0.25, 0.3) is 0 Å². The van der Waals surface area contributed by atoms with Crippen molar-refractivity contribution in [2.75, 3.05) is 0 Å². The van der Waals surface area contributed by atoms with Crippen molar-refractivity contribution in [3.05, 3.63) is 33.3 Å². The van der Waals surface area contributed by atoms with Gasteiger partial charge in [-0.3, -0.25) is 11.3 Å². The van der Waals surface area contributed by atoms with Crippen LogP contribution in [0.25, 0.3) is 0 Å². The number of nitrogens with one attached hydrogen (secondary N) is 1. The number of halogens is 2. The molecule has 1 atom stereocenters. The number of hydrogen-bond donors (Lipinski definition) is 2. The lowest BCUT2D eigenvalue weighted by molar-refractivity contribution is 0.262. The molecule has 2 nitrogen and oxygen atoms in total. The Hall–Kier alpha value is -0.0900. The molecule has 1 aliphatic carbocycles. The highest BCUT2D eigenvalue weighted by atomic mass is 79.9. The summed E-state index contributed by atoms with van der Waals surface area (Å²) in [5.74, 6) is 6.44. The highest BCUT2D eigenvalue weighted by Gasteiger charge is 2.22. The van der Waals surface area contributed by atoms with E-state index in [1.54, 1.807) is 0 Å². The molecular weight excluding hydrogens is 288 g/mol. The summed E-state index contributed by atoms with van der Waals surface area (Å²) in [4.78, 5) is 0. The molecule has 0 spiro atoms. The number of hydrazine groups is 1. The first-order valence-corrected chi connectivity index (χ1v) is 6.79. The van der Waals surface area contributed by atoms with Crippen LogP contribution in [-0.4, -0.2) is 0 Å². The van der Waals surface area contributed by atoms with Gasteiger partial charge in [-0.05, 0) is 46.0 Å². The van der Waals surface area contributed by atoms with Crippen LogP contribution in [0.5, 0.6) is 0 Å². The maximum absolute atomic E-state index is 6.08. The molecule has 16 heavy (non-hydrogen) atoms. The maximum Gasteiger partial charge on any atom is 0.0551 e. The molecular formula is C12H16BrClN2. The van der Waals surface area contributed by atoms with Crippen molar-refractivity contribution in [3.8, 4) is 0 Å². The lowest BCUT2D eigenvalue weighted by Gasteiger charge is -2.29. The Morgan fingerprint density at radius 2 is 2.25 bits per heavy atom. The smallest absolute Gasteiger partial charge is 0.0551 e. The van der Waals surface area contributed by atoms with Crippen molar-refractivity contribution >= 4 is 27.5 Å². The highest BCUT2D eigenvalue weighted by molar-refractivity contribution is 9.10. The van der Waals surface area contributed by atoms with Crippen molar-refractivity contribution in [2.24, 2.45) is 11.8 Å². The molecule has 0 heterocycles. The fourth-order valence-corrected chi connectivity index (χ4v) is 2.53. The summed E-state index contributed by atoms with van der Waals surface area (Å²) in [5.41, 5.74) is 4.06. The van der Waals surface area contributed by atoms with Gasteiger partial charge in [-0.25, -0.2) is 0 Å². The zero-order valence-corrected chi connectivity index (χ0v) is 11.4. The molecule has 2 rings (SSSR count). The van der Waals surface area contributed by atoms with E-state index in [4.69, 9.17) is 17.4 Å². The molecule has 88 valence electrons. The minimum atomic E-state index is 0.218. The van der Waals surface area contributed by atoms with Crippen LogP contribution in [0.15, 0.2) is 22.7 Å². The first kappa shape index (κ1) is 12.4. The molecule has 3 N–H and O–H groups in total. The summed E-state index contributed by atoms with van der Waals surface area (Å²) in [7, 11) is 0. The van der Waals surface area contributed by atoms with E-state index < -0.39 is 0 Å². The molecule has 0 aromatic heterocycles. The van der Waals surface area contributed by atoms with Gasteiger partial charge in [0.2, 0.25) is 0 Å². The summed E-state index contributed by atoms with van der Waals surface area (Å²) in [6, 6.07) is 6.24. The Labute approximate surface area is 110 Å². The van der Waals surface area contributed by atoms with Crippen molar-refractivity contribution in [2.45, 2.75) is 31.7 Å². The van der Waals surface area contributed by atoms with Gasteiger partial charge in [-0.15, -0.1) is 0 Å². The van der Waals surface area contributed by atoms with Gasteiger partial charge in [-0.2, -0.15) is 0 Å². The molecule has 1 aromatic rings.